The molecule has 1 unspecified atom stereocenters. The molecule has 0 amide bonds. The predicted molar refractivity (Wildman–Crippen MR) is 108 cm³/mol. The molecule has 5 nitrogen and oxygen atoms in total. The fourth-order valence-corrected chi connectivity index (χ4v) is 2.37. The Bertz CT molecular complexity index is 635. The third-order valence-electron chi connectivity index (χ3n) is 3.35. The number of hydrogen-bond donors (Lipinski definition) is 2. The van der Waals surface area contributed by atoms with Gasteiger partial charge in [-0.05, 0) is 30.7 Å². The van der Waals surface area contributed by atoms with Gasteiger partial charge < -0.3 is 19.7 Å². The highest BCUT2D eigenvalue weighted by molar-refractivity contribution is 14.0. The molecular weight excluding hydrogens is 441 g/mol. The molecule has 0 aliphatic carbocycles. The Labute approximate surface area is 164 Å². The van der Waals surface area contributed by atoms with Gasteiger partial charge in [0.1, 0.15) is 11.9 Å². The second-order valence-electron chi connectivity index (χ2n) is 5.17. The van der Waals surface area contributed by atoms with Gasteiger partial charge in [0.2, 0.25) is 0 Å². The number of benzene rings is 1. The lowest BCUT2D eigenvalue weighted by Crippen LogP contribution is -2.38. The summed E-state index contributed by atoms with van der Waals surface area (Å²) in [7, 11) is 1.93. The number of rotatable bonds is 6. The number of nitrogens with one attached hydrogen (secondary N) is 1. The molecule has 2 aromatic rings. The smallest absolute Gasteiger partial charge is 0.194 e. The molecule has 0 aliphatic rings. The SMILES string of the molecule is CCNC(=NCC(O)c1ccco1)N(C)Cc1ccccc1Cl.I. The minimum absolute atomic E-state index is 0. The van der Waals surface area contributed by atoms with Crippen LogP contribution in [0.5, 0.6) is 0 Å². The summed E-state index contributed by atoms with van der Waals surface area (Å²) < 4.78 is 5.19. The third-order valence-corrected chi connectivity index (χ3v) is 3.72. The summed E-state index contributed by atoms with van der Waals surface area (Å²) >= 11 is 6.21. The van der Waals surface area contributed by atoms with E-state index < -0.39 is 6.10 Å². The summed E-state index contributed by atoms with van der Waals surface area (Å²) in [4.78, 5) is 6.45. The van der Waals surface area contributed by atoms with E-state index in [0.717, 1.165) is 17.1 Å². The Morgan fingerprint density at radius 3 is 2.71 bits per heavy atom. The molecule has 0 fully saturated rings. The van der Waals surface area contributed by atoms with E-state index in [4.69, 9.17) is 16.0 Å². The van der Waals surface area contributed by atoms with Crippen LogP contribution in [-0.2, 0) is 6.54 Å². The molecule has 0 saturated heterocycles. The number of halogens is 2. The molecule has 7 heteroatoms. The topological polar surface area (TPSA) is 61.0 Å². The van der Waals surface area contributed by atoms with Gasteiger partial charge in [-0.2, -0.15) is 0 Å². The average Bonchev–Trinajstić information content (AvgIpc) is 3.07. The molecule has 132 valence electrons. The molecule has 1 aromatic heterocycles. The van der Waals surface area contributed by atoms with Crippen LogP contribution < -0.4 is 5.32 Å². The van der Waals surface area contributed by atoms with Crippen molar-refractivity contribution in [2.75, 3.05) is 20.1 Å². The van der Waals surface area contributed by atoms with Crippen molar-refractivity contribution in [3.05, 3.63) is 59.0 Å². The molecule has 24 heavy (non-hydrogen) atoms. The Morgan fingerprint density at radius 2 is 2.08 bits per heavy atom. The first-order valence-electron chi connectivity index (χ1n) is 7.56. The average molecular weight is 464 g/mol. The molecule has 0 bridgehead atoms. The van der Waals surface area contributed by atoms with E-state index in [1.165, 1.54) is 6.26 Å². The molecule has 0 saturated carbocycles. The van der Waals surface area contributed by atoms with E-state index >= 15 is 0 Å². The van der Waals surface area contributed by atoms with Crippen LogP contribution in [0.2, 0.25) is 5.02 Å². The number of nitrogens with zero attached hydrogens (tertiary/aromatic N) is 2. The minimum Gasteiger partial charge on any atom is -0.467 e. The molecule has 1 atom stereocenters. The van der Waals surface area contributed by atoms with Gasteiger partial charge >= 0.3 is 0 Å². The van der Waals surface area contributed by atoms with Crippen molar-refractivity contribution in [2.24, 2.45) is 4.99 Å². The Morgan fingerprint density at radius 1 is 1.33 bits per heavy atom. The summed E-state index contributed by atoms with van der Waals surface area (Å²) in [5.41, 5.74) is 1.02. The number of aliphatic hydroxyl groups is 1. The van der Waals surface area contributed by atoms with E-state index in [9.17, 15) is 5.11 Å². The number of hydrogen-bond acceptors (Lipinski definition) is 3. The Balaban J connectivity index is 0.00000288. The number of aliphatic imine (C=N–C) groups is 1. The zero-order valence-corrected chi connectivity index (χ0v) is 16.9. The fourth-order valence-electron chi connectivity index (χ4n) is 2.17. The Hall–Kier alpha value is -1.25. The number of aliphatic hydroxyl groups excluding tert-OH is 1. The highest BCUT2D eigenvalue weighted by atomic mass is 127. The summed E-state index contributed by atoms with van der Waals surface area (Å²) in [6.45, 7) is 3.59. The molecule has 2 N–H and O–H groups in total. The van der Waals surface area contributed by atoms with Crippen LogP contribution in [-0.4, -0.2) is 36.1 Å². The lowest BCUT2D eigenvalue weighted by atomic mass is 10.2. The first-order chi connectivity index (χ1) is 11.1. The van der Waals surface area contributed by atoms with Crippen molar-refractivity contribution in [1.29, 1.82) is 0 Å². The molecule has 0 radical (unpaired) electrons. The van der Waals surface area contributed by atoms with Crippen molar-refractivity contribution < 1.29 is 9.52 Å². The second kappa shape index (κ2) is 10.6. The molecule has 1 heterocycles. The van der Waals surface area contributed by atoms with Crippen molar-refractivity contribution in [1.82, 2.24) is 10.2 Å². The predicted octanol–water partition coefficient (Wildman–Crippen LogP) is 3.68. The first-order valence-corrected chi connectivity index (χ1v) is 7.94. The molecule has 0 aliphatic heterocycles. The van der Waals surface area contributed by atoms with Gasteiger partial charge in [0.05, 0.1) is 12.8 Å². The van der Waals surface area contributed by atoms with E-state index in [0.29, 0.717) is 18.3 Å². The van der Waals surface area contributed by atoms with E-state index in [-0.39, 0.29) is 30.5 Å². The number of guanidine groups is 1. The van der Waals surface area contributed by atoms with Crippen LogP contribution in [0.4, 0.5) is 0 Å². The monoisotopic (exact) mass is 463 g/mol. The maximum absolute atomic E-state index is 10.1. The quantitative estimate of drug-likeness (QED) is 0.390. The summed E-state index contributed by atoms with van der Waals surface area (Å²) in [6.07, 6.45) is 0.782. The third kappa shape index (κ3) is 5.99. The summed E-state index contributed by atoms with van der Waals surface area (Å²) in [5, 5.41) is 14.0. The zero-order valence-electron chi connectivity index (χ0n) is 13.8. The van der Waals surface area contributed by atoms with E-state index in [1.54, 1.807) is 12.1 Å². The highest BCUT2D eigenvalue weighted by Gasteiger charge is 2.12. The molecule has 2 rings (SSSR count). The van der Waals surface area contributed by atoms with Crippen molar-refractivity contribution in [3.8, 4) is 0 Å². The lowest BCUT2D eigenvalue weighted by molar-refractivity contribution is 0.158. The van der Waals surface area contributed by atoms with Gasteiger partial charge in [0.25, 0.3) is 0 Å². The van der Waals surface area contributed by atoms with Gasteiger partial charge in [-0.15, -0.1) is 24.0 Å². The fraction of sp³-hybridized carbons (Fsp3) is 0.353. The molecular formula is C17H23ClIN3O2. The van der Waals surface area contributed by atoms with Crippen molar-refractivity contribution in [2.45, 2.75) is 19.6 Å². The van der Waals surface area contributed by atoms with Crippen molar-refractivity contribution in [3.63, 3.8) is 0 Å². The van der Waals surface area contributed by atoms with Crippen LogP contribution in [0, 0.1) is 0 Å². The van der Waals surface area contributed by atoms with Gasteiger partial charge in [-0.1, -0.05) is 29.8 Å². The summed E-state index contributed by atoms with van der Waals surface area (Å²) in [6, 6.07) is 11.2. The highest BCUT2D eigenvalue weighted by Crippen LogP contribution is 2.17. The first kappa shape index (κ1) is 20.8. The van der Waals surface area contributed by atoms with Gasteiger partial charge in [-0.3, -0.25) is 0 Å². The van der Waals surface area contributed by atoms with Crippen LogP contribution in [0.15, 0.2) is 52.1 Å². The summed E-state index contributed by atoms with van der Waals surface area (Å²) in [5.74, 6) is 1.22. The lowest BCUT2D eigenvalue weighted by Gasteiger charge is -2.23. The van der Waals surface area contributed by atoms with Crippen LogP contribution in [0.3, 0.4) is 0 Å². The maximum atomic E-state index is 10.1. The standard InChI is InChI=1S/C17H22ClN3O2.HI/c1-3-19-17(20-11-15(22)16-9-6-10-23-16)21(2)12-13-7-4-5-8-14(13)18;/h4-10,15,22H,3,11-12H2,1-2H3,(H,19,20);1H. The maximum Gasteiger partial charge on any atom is 0.194 e. The largest absolute Gasteiger partial charge is 0.467 e. The van der Waals surface area contributed by atoms with Crippen LogP contribution >= 0.6 is 35.6 Å². The normalized spacial score (nSPS) is 12.4. The van der Waals surface area contributed by atoms with Gasteiger partial charge in [-0.25, -0.2) is 4.99 Å². The number of furan rings is 1. The molecule has 0 spiro atoms. The van der Waals surface area contributed by atoms with Crippen LogP contribution in [0.1, 0.15) is 24.4 Å². The minimum atomic E-state index is -0.757. The van der Waals surface area contributed by atoms with E-state index in [2.05, 4.69) is 10.3 Å². The van der Waals surface area contributed by atoms with Gasteiger partial charge in [0, 0.05) is 25.2 Å². The van der Waals surface area contributed by atoms with Crippen LogP contribution in [0.25, 0.3) is 0 Å². The van der Waals surface area contributed by atoms with Gasteiger partial charge in [0.15, 0.2) is 5.96 Å². The van der Waals surface area contributed by atoms with Crippen molar-refractivity contribution >= 4 is 41.5 Å². The van der Waals surface area contributed by atoms with E-state index in [1.807, 2.05) is 43.1 Å². The Kier molecular flexibility index (Phi) is 9.17. The molecule has 1 aromatic carbocycles. The second-order valence-corrected chi connectivity index (χ2v) is 5.58. The zero-order chi connectivity index (χ0) is 16.7.